The minimum Gasteiger partial charge on any atom is -0.497 e. The van der Waals surface area contributed by atoms with Crippen LogP contribution in [0.3, 0.4) is 0 Å². The van der Waals surface area contributed by atoms with Gasteiger partial charge in [-0.25, -0.2) is 9.67 Å². The summed E-state index contributed by atoms with van der Waals surface area (Å²) in [5, 5.41) is 4.21. The van der Waals surface area contributed by atoms with Crippen LogP contribution in [0.5, 0.6) is 23.0 Å². The lowest BCUT2D eigenvalue weighted by molar-refractivity contribution is 0.103. The zero-order valence-corrected chi connectivity index (χ0v) is 18.7. The first-order chi connectivity index (χ1) is 16.1. The number of methoxy groups -OCH3 is 4. The second-order valence-electron chi connectivity index (χ2n) is 7.04. The summed E-state index contributed by atoms with van der Waals surface area (Å²) in [6.07, 6.45) is 2.97. The van der Waals surface area contributed by atoms with Gasteiger partial charge in [0.25, 0.3) is 0 Å². The number of ketones is 1. The van der Waals surface area contributed by atoms with E-state index in [0.29, 0.717) is 34.1 Å². The van der Waals surface area contributed by atoms with E-state index < -0.39 is 0 Å². The van der Waals surface area contributed by atoms with Crippen molar-refractivity contribution in [2.24, 2.45) is 0 Å². The Labute approximate surface area is 191 Å². The number of rotatable bonds is 8. The SMILES string of the molecule is COc1ccc(-c2ccc(-n3cncn3)c(C(=O)c3cc(OC)c(OC)c(OC)c3)c2)cc1. The first-order valence-corrected chi connectivity index (χ1v) is 10.1. The van der Waals surface area contributed by atoms with Crippen LogP contribution in [0.25, 0.3) is 16.8 Å². The number of carbonyl (C=O) groups is 1. The van der Waals surface area contributed by atoms with Crippen molar-refractivity contribution in [1.29, 1.82) is 0 Å². The Balaban J connectivity index is 1.86. The molecule has 4 rings (SSSR count). The molecule has 0 radical (unpaired) electrons. The molecule has 0 aliphatic carbocycles. The van der Waals surface area contributed by atoms with Crippen LogP contribution >= 0.6 is 0 Å². The first kappa shape index (κ1) is 21.9. The third-order valence-corrected chi connectivity index (χ3v) is 5.26. The van der Waals surface area contributed by atoms with Crippen molar-refractivity contribution in [3.05, 3.63) is 78.4 Å². The smallest absolute Gasteiger partial charge is 0.203 e. The van der Waals surface area contributed by atoms with Crippen LogP contribution in [0, 0.1) is 0 Å². The minimum absolute atomic E-state index is 0.227. The van der Waals surface area contributed by atoms with E-state index in [2.05, 4.69) is 10.1 Å². The fourth-order valence-electron chi connectivity index (χ4n) is 3.58. The first-order valence-electron chi connectivity index (χ1n) is 10.1. The highest BCUT2D eigenvalue weighted by molar-refractivity contribution is 6.12. The molecule has 8 heteroatoms. The maximum atomic E-state index is 13.7. The minimum atomic E-state index is -0.227. The van der Waals surface area contributed by atoms with E-state index in [9.17, 15) is 4.79 Å². The van der Waals surface area contributed by atoms with Gasteiger partial charge in [0.15, 0.2) is 17.3 Å². The van der Waals surface area contributed by atoms with Crippen molar-refractivity contribution in [3.63, 3.8) is 0 Å². The Bertz CT molecular complexity index is 1240. The fourth-order valence-corrected chi connectivity index (χ4v) is 3.58. The molecule has 168 valence electrons. The van der Waals surface area contributed by atoms with E-state index in [1.807, 2.05) is 42.5 Å². The van der Waals surface area contributed by atoms with Crippen molar-refractivity contribution in [1.82, 2.24) is 14.8 Å². The summed E-state index contributed by atoms with van der Waals surface area (Å²) in [5.74, 6) is 1.74. The molecule has 0 unspecified atom stereocenters. The van der Waals surface area contributed by atoms with Crippen molar-refractivity contribution in [3.8, 4) is 39.8 Å². The van der Waals surface area contributed by atoms with E-state index in [-0.39, 0.29) is 5.78 Å². The van der Waals surface area contributed by atoms with E-state index >= 15 is 0 Å². The molecule has 0 aliphatic rings. The molecule has 3 aromatic carbocycles. The van der Waals surface area contributed by atoms with Crippen LogP contribution in [0.1, 0.15) is 15.9 Å². The molecule has 0 saturated heterocycles. The molecule has 1 aromatic heterocycles. The van der Waals surface area contributed by atoms with Gasteiger partial charge in [0.1, 0.15) is 18.4 Å². The summed E-state index contributed by atoms with van der Waals surface area (Å²) < 4.78 is 23.0. The van der Waals surface area contributed by atoms with Crippen LogP contribution in [0.4, 0.5) is 0 Å². The van der Waals surface area contributed by atoms with E-state index in [0.717, 1.165) is 16.9 Å². The van der Waals surface area contributed by atoms with E-state index in [1.54, 1.807) is 30.3 Å². The number of carbonyl (C=O) groups excluding carboxylic acids is 1. The third kappa shape index (κ3) is 4.23. The van der Waals surface area contributed by atoms with Crippen LogP contribution < -0.4 is 18.9 Å². The molecule has 33 heavy (non-hydrogen) atoms. The summed E-state index contributed by atoms with van der Waals surface area (Å²) in [6, 6.07) is 16.5. The molecule has 0 spiro atoms. The lowest BCUT2D eigenvalue weighted by Crippen LogP contribution is -2.09. The topological polar surface area (TPSA) is 84.7 Å². The van der Waals surface area contributed by atoms with Crippen LogP contribution in [0.2, 0.25) is 0 Å². The normalized spacial score (nSPS) is 10.5. The van der Waals surface area contributed by atoms with Gasteiger partial charge in [-0.1, -0.05) is 18.2 Å². The highest BCUT2D eigenvalue weighted by atomic mass is 16.5. The molecule has 0 bridgehead atoms. The molecule has 0 atom stereocenters. The molecule has 0 saturated carbocycles. The lowest BCUT2D eigenvalue weighted by Gasteiger charge is -2.15. The number of nitrogens with zero attached hydrogens (tertiary/aromatic N) is 3. The molecular weight excluding hydrogens is 422 g/mol. The molecular formula is C25H23N3O5. The summed E-state index contributed by atoms with van der Waals surface area (Å²) in [7, 11) is 6.16. The van der Waals surface area contributed by atoms with Gasteiger partial charge in [0.2, 0.25) is 5.75 Å². The summed E-state index contributed by atoms with van der Waals surface area (Å²) >= 11 is 0. The fraction of sp³-hybridized carbons (Fsp3) is 0.160. The summed E-state index contributed by atoms with van der Waals surface area (Å²) in [4.78, 5) is 17.8. The zero-order chi connectivity index (χ0) is 23.4. The third-order valence-electron chi connectivity index (χ3n) is 5.26. The van der Waals surface area contributed by atoms with Gasteiger partial charge in [-0.2, -0.15) is 5.10 Å². The average Bonchev–Trinajstić information content (AvgIpc) is 3.42. The van der Waals surface area contributed by atoms with Crippen molar-refractivity contribution in [2.75, 3.05) is 28.4 Å². The predicted molar refractivity (Wildman–Crippen MR) is 123 cm³/mol. The van der Waals surface area contributed by atoms with Gasteiger partial charge < -0.3 is 18.9 Å². The Kier molecular flexibility index (Phi) is 6.26. The van der Waals surface area contributed by atoms with Gasteiger partial charge in [-0.05, 0) is 47.5 Å². The molecule has 0 aliphatic heterocycles. The van der Waals surface area contributed by atoms with Crippen LogP contribution in [-0.2, 0) is 0 Å². The lowest BCUT2D eigenvalue weighted by atomic mass is 9.96. The molecule has 1 heterocycles. The molecule has 4 aromatic rings. The number of ether oxygens (including phenoxy) is 4. The standard InChI is InChI=1S/C25H23N3O5/c1-30-19-8-5-16(6-9-19)17-7-10-21(28-15-26-14-27-28)20(11-17)24(29)18-12-22(31-2)25(33-4)23(13-18)32-3/h5-15H,1-4H3. The largest absolute Gasteiger partial charge is 0.497 e. The highest BCUT2D eigenvalue weighted by Gasteiger charge is 2.21. The quantitative estimate of drug-likeness (QED) is 0.376. The maximum absolute atomic E-state index is 13.7. The van der Waals surface area contributed by atoms with E-state index in [4.69, 9.17) is 18.9 Å². The van der Waals surface area contributed by atoms with Crippen molar-refractivity contribution >= 4 is 5.78 Å². The highest BCUT2D eigenvalue weighted by Crippen LogP contribution is 2.39. The summed E-state index contributed by atoms with van der Waals surface area (Å²) in [6.45, 7) is 0. The second kappa shape index (κ2) is 9.44. The number of benzene rings is 3. The maximum Gasteiger partial charge on any atom is 0.203 e. The molecule has 8 nitrogen and oxygen atoms in total. The van der Waals surface area contributed by atoms with E-state index in [1.165, 1.54) is 27.7 Å². The van der Waals surface area contributed by atoms with Gasteiger partial charge in [0.05, 0.1) is 34.1 Å². The molecule has 0 amide bonds. The van der Waals surface area contributed by atoms with Gasteiger partial charge >= 0.3 is 0 Å². The molecule has 0 N–H and O–H groups in total. The Hall–Kier alpha value is -4.33. The number of hydrogen-bond acceptors (Lipinski definition) is 7. The number of hydrogen-bond donors (Lipinski definition) is 0. The van der Waals surface area contributed by atoms with Gasteiger partial charge in [0, 0.05) is 11.1 Å². The van der Waals surface area contributed by atoms with Crippen molar-refractivity contribution in [2.45, 2.75) is 0 Å². The van der Waals surface area contributed by atoms with Gasteiger partial charge in [-0.3, -0.25) is 4.79 Å². The monoisotopic (exact) mass is 445 g/mol. The Morgan fingerprint density at radius 2 is 1.45 bits per heavy atom. The van der Waals surface area contributed by atoms with Crippen LogP contribution in [-0.4, -0.2) is 49.0 Å². The molecule has 0 fully saturated rings. The average molecular weight is 445 g/mol. The van der Waals surface area contributed by atoms with Crippen molar-refractivity contribution < 1.29 is 23.7 Å². The zero-order valence-electron chi connectivity index (χ0n) is 18.7. The number of aromatic nitrogens is 3. The predicted octanol–water partition coefficient (Wildman–Crippen LogP) is 4.20. The van der Waals surface area contributed by atoms with Gasteiger partial charge in [-0.15, -0.1) is 0 Å². The van der Waals surface area contributed by atoms with Crippen LogP contribution in [0.15, 0.2) is 67.3 Å². The summed E-state index contributed by atoms with van der Waals surface area (Å²) in [5.41, 5.74) is 3.25. The second-order valence-corrected chi connectivity index (χ2v) is 7.04. The Morgan fingerprint density at radius 3 is 2.00 bits per heavy atom. The Morgan fingerprint density at radius 1 is 0.788 bits per heavy atom.